The van der Waals surface area contributed by atoms with Crippen LogP contribution in [0.5, 0.6) is 0 Å². The molecule has 0 saturated heterocycles. The SMILES string of the molecule is CC1(NS(=O)(=O)c2ccc(CC#N)cc2)CC1. The highest BCUT2D eigenvalue weighted by Gasteiger charge is 2.41. The summed E-state index contributed by atoms with van der Waals surface area (Å²) in [5, 5.41) is 8.53. The highest BCUT2D eigenvalue weighted by molar-refractivity contribution is 7.89. The number of nitrogens with zero attached hydrogens (tertiary/aromatic N) is 1. The van der Waals surface area contributed by atoms with Crippen LogP contribution < -0.4 is 4.72 Å². The van der Waals surface area contributed by atoms with Crippen LogP contribution in [0.3, 0.4) is 0 Å². The van der Waals surface area contributed by atoms with Gasteiger partial charge in [0, 0.05) is 5.54 Å². The number of nitrogens with one attached hydrogen (secondary N) is 1. The molecule has 0 amide bonds. The maximum Gasteiger partial charge on any atom is 0.241 e. The summed E-state index contributed by atoms with van der Waals surface area (Å²) in [5.41, 5.74) is 0.563. The van der Waals surface area contributed by atoms with E-state index in [-0.39, 0.29) is 10.4 Å². The Hall–Kier alpha value is -1.38. The molecule has 1 aromatic carbocycles. The minimum Gasteiger partial charge on any atom is -0.207 e. The van der Waals surface area contributed by atoms with Crippen LogP contribution >= 0.6 is 0 Å². The van der Waals surface area contributed by atoms with Gasteiger partial charge in [0.25, 0.3) is 0 Å². The van der Waals surface area contributed by atoms with E-state index in [1.165, 1.54) is 0 Å². The molecule has 0 atom stereocenters. The molecule has 90 valence electrons. The van der Waals surface area contributed by atoms with Crippen molar-refractivity contribution in [2.24, 2.45) is 0 Å². The molecule has 0 spiro atoms. The second-order valence-corrected chi connectivity index (χ2v) is 6.33. The van der Waals surface area contributed by atoms with Crippen molar-refractivity contribution in [2.45, 2.75) is 36.6 Å². The molecule has 0 heterocycles. The van der Waals surface area contributed by atoms with Crippen LogP contribution in [0.2, 0.25) is 0 Å². The molecule has 4 nitrogen and oxygen atoms in total. The van der Waals surface area contributed by atoms with Gasteiger partial charge >= 0.3 is 0 Å². The Morgan fingerprint density at radius 3 is 2.41 bits per heavy atom. The molecule has 0 radical (unpaired) electrons. The minimum absolute atomic E-state index is 0.257. The lowest BCUT2D eigenvalue weighted by Crippen LogP contribution is -2.34. The lowest BCUT2D eigenvalue weighted by atomic mass is 10.2. The monoisotopic (exact) mass is 250 g/mol. The predicted octanol–water partition coefficient (Wildman–Crippen LogP) is 1.58. The van der Waals surface area contributed by atoms with Gasteiger partial charge in [0.1, 0.15) is 0 Å². The van der Waals surface area contributed by atoms with Crippen LogP contribution in [0.4, 0.5) is 0 Å². The first-order valence-corrected chi connectivity index (χ1v) is 6.93. The molecule has 1 N–H and O–H groups in total. The lowest BCUT2D eigenvalue weighted by molar-refractivity contribution is 0.558. The van der Waals surface area contributed by atoms with Gasteiger partial charge in [0.05, 0.1) is 17.4 Å². The average Bonchev–Trinajstić information content (AvgIpc) is 2.96. The molecular formula is C12H14N2O2S. The van der Waals surface area contributed by atoms with E-state index in [1.54, 1.807) is 24.3 Å². The van der Waals surface area contributed by atoms with Crippen LogP contribution in [0.25, 0.3) is 0 Å². The first-order chi connectivity index (χ1) is 7.95. The zero-order valence-corrected chi connectivity index (χ0v) is 10.4. The van der Waals surface area contributed by atoms with Gasteiger partial charge in [-0.15, -0.1) is 0 Å². The Balaban J connectivity index is 2.19. The standard InChI is InChI=1S/C12H14N2O2S/c1-12(7-8-12)14-17(15,16)11-4-2-10(3-5-11)6-9-13/h2-5,14H,6-8H2,1H3. The summed E-state index contributed by atoms with van der Waals surface area (Å²) in [6, 6.07) is 8.46. The third-order valence-corrected chi connectivity index (χ3v) is 4.55. The van der Waals surface area contributed by atoms with Crippen molar-refractivity contribution in [3.63, 3.8) is 0 Å². The van der Waals surface area contributed by atoms with E-state index in [1.807, 2.05) is 13.0 Å². The zero-order chi connectivity index (χ0) is 12.5. The molecule has 0 unspecified atom stereocenters. The maximum atomic E-state index is 12.0. The number of sulfonamides is 1. The molecule has 1 aromatic rings. The molecular weight excluding hydrogens is 236 g/mol. The summed E-state index contributed by atoms with van der Waals surface area (Å²) in [5.74, 6) is 0. The largest absolute Gasteiger partial charge is 0.241 e. The fraction of sp³-hybridized carbons (Fsp3) is 0.417. The molecule has 1 aliphatic carbocycles. The van der Waals surface area contributed by atoms with Crippen molar-refractivity contribution >= 4 is 10.0 Å². The van der Waals surface area contributed by atoms with Gasteiger partial charge in [-0.25, -0.2) is 13.1 Å². The van der Waals surface area contributed by atoms with Gasteiger partial charge in [-0.05, 0) is 37.5 Å². The number of benzene rings is 1. The van der Waals surface area contributed by atoms with Crippen molar-refractivity contribution in [1.82, 2.24) is 4.72 Å². The lowest BCUT2D eigenvalue weighted by Gasteiger charge is -2.12. The fourth-order valence-corrected chi connectivity index (χ4v) is 3.02. The Morgan fingerprint density at radius 2 is 1.94 bits per heavy atom. The molecule has 5 heteroatoms. The topological polar surface area (TPSA) is 70.0 Å². The van der Waals surface area contributed by atoms with Crippen LogP contribution in [0.1, 0.15) is 25.3 Å². The van der Waals surface area contributed by atoms with Crippen LogP contribution in [-0.4, -0.2) is 14.0 Å². The van der Waals surface area contributed by atoms with Gasteiger partial charge in [-0.2, -0.15) is 5.26 Å². The summed E-state index contributed by atoms with van der Waals surface area (Å²) in [6.45, 7) is 1.90. The van der Waals surface area contributed by atoms with Gasteiger partial charge in [-0.3, -0.25) is 0 Å². The van der Waals surface area contributed by atoms with E-state index in [4.69, 9.17) is 5.26 Å². The average molecular weight is 250 g/mol. The fourth-order valence-electron chi connectivity index (χ4n) is 1.55. The molecule has 1 aliphatic rings. The highest BCUT2D eigenvalue weighted by Crippen LogP contribution is 2.35. The summed E-state index contributed by atoms with van der Waals surface area (Å²) in [4.78, 5) is 0.257. The van der Waals surface area contributed by atoms with Crippen LogP contribution in [0.15, 0.2) is 29.2 Å². The van der Waals surface area contributed by atoms with E-state index in [2.05, 4.69) is 4.72 Å². The third kappa shape index (κ3) is 2.84. The van der Waals surface area contributed by atoms with Crippen molar-refractivity contribution in [3.8, 4) is 6.07 Å². The van der Waals surface area contributed by atoms with Crippen molar-refractivity contribution in [2.75, 3.05) is 0 Å². The first-order valence-electron chi connectivity index (χ1n) is 5.45. The summed E-state index contributed by atoms with van der Waals surface area (Å²) in [6.07, 6.45) is 2.07. The summed E-state index contributed by atoms with van der Waals surface area (Å²) in [7, 11) is -3.42. The summed E-state index contributed by atoms with van der Waals surface area (Å²) >= 11 is 0. The van der Waals surface area contributed by atoms with E-state index in [9.17, 15) is 8.42 Å². The van der Waals surface area contributed by atoms with Gasteiger partial charge in [0.2, 0.25) is 10.0 Å². The summed E-state index contributed by atoms with van der Waals surface area (Å²) < 4.78 is 26.6. The molecule has 0 aromatic heterocycles. The molecule has 2 rings (SSSR count). The first kappa shape index (κ1) is 12.1. The Labute approximate surface area is 101 Å². The van der Waals surface area contributed by atoms with Crippen molar-refractivity contribution in [3.05, 3.63) is 29.8 Å². The highest BCUT2D eigenvalue weighted by atomic mass is 32.2. The number of hydrogen-bond acceptors (Lipinski definition) is 3. The van der Waals surface area contributed by atoms with Gasteiger partial charge in [0.15, 0.2) is 0 Å². The van der Waals surface area contributed by atoms with Crippen molar-refractivity contribution in [1.29, 1.82) is 5.26 Å². The number of rotatable bonds is 4. The maximum absolute atomic E-state index is 12.0. The molecule has 0 bridgehead atoms. The molecule has 1 fully saturated rings. The smallest absolute Gasteiger partial charge is 0.207 e. The van der Waals surface area contributed by atoms with Gasteiger partial charge in [-0.1, -0.05) is 12.1 Å². The Kier molecular flexibility index (Phi) is 2.94. The second-order valence-electron chi connectivity index (χ2n) is 4.65. The van der Waals surface area contributed by atoms with E-state index >= 15 is 0 Å². The Morgan fingerprint density at radius 1 is 1.35 bits per heavy atom. The van der Waals surface area contributed by atoms with E-state index in [0.717, 1.165) is 18.4 Å². The number of hydrogen-bond donors (Lipinski definition) is 1. The Bertz CT molecular complexity index is 551. The zero-order valence-electron chi connectivity index (χ0n) is 9.60. The second kappa shape index (κ2) is 4.13. The molecule has 1 saturated carbocycles. The predicted molar refractivity (Wildman–Crippen MR) is 63.7 cm³/mol. The third-order valence-electron chi connectivity index (χ3n) is 2.90. The van der Waals surface area contributed by atoms with E-state index in [0.29, 0.717) is 6.42 Å². The quantitative estimate of drug-likeness (QED) is 0.882. The van der Waals surface area contributed by atoms with Crippen molar-refractivity contribution < 1.29 is 8.42 Å². The minimum atomic E-state index is -3.42. The van der Waals surface area contributed by atoms with Crippen LogP contribution in [-0.2, 0) is 16.4 Å². The van der Waals surface area contributed by atoms with E-state index < -0.39 is 10.0 Å². The normalized spacial score (nSPS) is 17.4. The van der Waals surface area contributed by atoms with Crippen LogP contribution in [0, 0.1) is 11.3 Å². The molecule has 0 aliphatic heterocycles. The molecule has 17 heavy (non-hydrogen) atoms. The number of nitriles is 1. The van der Waals surface area contributed by atoms with Gasteiger partial charge < -0.3 is 0 Å².